The van der Waals surface area contributed by atoms with Crippen molar-refractivity contribution in [1.29, 1.82) is 0 Å². The zero-order valence-corrected chi connectivity index (χ0v) is 17.3. The number of carbonyl (C=O) groups excluding carboxylic acids is 2. The molecule has 0 aliphatic carbocycles. The molecular weight excluding hydrogens is 388 g/mol. The summed E-state index contributed by atoms with van der Waals surface area (Å²) in [5.74, 6) is -0.160. The molecule has 1 amide bonds. The molecule has 29 heavy (non-hydrogen) atoms. The molecule has 0 aliphatic heterocycles. The molecular formula is C22H22N2O4S. The number of anilines is 1. The standard InChI is InChI=1S/C22H22N2O4S/c1-4-27-21(26)20-19(16-8-6-5-7-9-16)24-22(29-20)23-18(25)13-28-17-11-10-14(2)12-15(17)3/h5-12H,4,13H2,1-3H3,(H,23,24,25). The first-order valence-corrected chi connectivity index (χ1v) is 10.0. The molecule has 0 aliphatic rings. The molecule has 0 fully saturated rings. The Hall–Kier alpha value is -3.19. The average Bonchev–Trinajstić information content (AvgIpc) is 3.12. The van der Waals surface area contributed by atoms with Gasteiger partial charge in [0, 0.05) is 5.56 Å². The molecule has 2 aromatic carbocycles. The fourth-order valence-electron chi connectivity index (χ4n) is 2.76. The third-order valence-electron chi connectivity index (χ3n) is 4.07. The van der Waals surface area contributed by atoms with Crippen LogP contribution < -0.4 is 10.1 Å². The lowest BCUT2D eigenvalue weighted by Gasteiger charge is -2.09. The van der Waals surface area contributed by atoms with Gasteiger partial charge in [-0.25, -0.2) is 9.78 Å². The number of hydrogen-bond donors (Lipinski definition) is 1. The second-order valence-corrected chi connectivity index (χ2v) is 7.39. The molecule has 1 N–H and O–H groups in total. The number of hydrogen-bond acceptors (Lipinski definition) is 6. The summed E-state index contributed by atoms with van der Waals surface area (Å²) in [6.07, 6.45) is 0. The summed E-state index contributed by atoms with van der Waals surface area (Å²) in [4.78, 5) is 29.4. The molecule has 7 heteroatoms. The van der Waals surface area contributed by atoms with Gasteiger partial charge in [-0.3, -0.25) is 10.1 Å². The van der Waals surface area contributed by atoms with E-state index in [0.717, 1.165) is 28.0 Å². The lowest BCUT2D eigenvalue weighted by Crippen LogP contribution is -2.20. The highest BCUT2D eigenvalue weighted by atomic mass is 32.1. The van der Waals surface area contributed by atoms with E-state index in [0.29, 0.717) is 21.5 Å². The summed E-state index contributed by atoms with van der Waals surface area (Å²) in [7, 11) is 0. The number of esters is 1. The minimum atomic E-state index is -0.462. The normalized spacial score (nSPS) is 10.4. The van der Waals surface area contributed by atoms with Crippen LogP contribution in [0.1, 0.15) is 27.7 Å². The minimum absolute atomic E-state index is 0.154. The van der Waals surface area contributed by atoms with Crippen molar-refractivity contribution in [2.45, 2.75) is 20.8 Å². The Morgan fingerprint density at radius 1 is 1.10 bits per heavy atom. The number of aromatic nitrogens is 1. The Kier molecular flexibility index (Phi) is 6.61. The quantitative estimate of drug-likeness (QED) is 0.575. The topological polar surface area (TPSA) is 77.5 Å². The molecule has 3 aromatic rings. The lowest BCUT2D eigenvalue weighted by molar-refractivity contribution is -0.118. The van der Waals surface area contributed by atoms with Crippen LogP contribution in [0, 0.1) is 13.8 Å². The van der Waals surface area contributed by atoms with Crippen LogP contribution in [-0.2, 0) is 9.53 Å². The van der Waals surface area contributed by atoms with Gasteiger partial charge in [0.25, 0.3) is 5.91 Å². The van der Waals surface area contributed by atoms with E-state index in [1.807, 2.05) is 62.4 Å². The van der Waals surface area contributed by atoms with Crippen LogP contribution >= 0.6 is 11.3 Å². The Morgan fingerprint density at radius 2 is 1.86 bits per heavy atom. The predicted octanol–water partition coefficient (Wildman–Crippen LogP) is 4.62. The Labute approximate surface area is 173 Å². The van der Waals surface area contributed by atoms with Crippen LogP contribution in [0.5, 0.6) is 5.75 Å². The first-order valence-electron chi connectivity index (χ1n) is 9.21. The van der Waals surface area contributed by atoms with Gasteiger partial charge in [-0.05, 0) is 32.4 Å². The smallest absolute Gasteiger partial charge is 0.350 e. The van der Waals surface area contributed by atoms with E-state index >= 15 is 0 Å². The average molecular weight is 410 g/mol. The summed E-state index contributed by atoms with van der Waals surface area (Å²) in [5.41, 5.74) is 3.35. The minimum Gasteiger partial charge on any atom is -0.483 e. The molecule has 3 rings (SSSR count). The van der Waals surface area contributed by atoms with Gasteiger partial charge in [0.2, 0.25) is 0 Å². The lowest BCUT2D eigenvalue weighted by atomic mass is 10.1. The molecule has 0 atom stereocenters. The first-order chi connectivity index (χ1) is 14.0. The van der Waals surface area contributed by atoms with Gasteiger partial charge < -0.3 is 9.47 Å². The number of benzene rings is 2. The summed E-state index contributed by atoms with van der Waals surface area (Å²) < 4.78 is 10.7. The van der Waals surface area contributed by atoms with Gasteiger partial charge in [-0.1, -0.05) is 59.4 Å². The zero-order chi connectivity index (χ0) is 20.8. The summed E-state index contributed by atoms with van der Waals surface area (Å²) in [6.45, 7) is 5.78. The number of ether oxygens (including phenoxy) is 2. The van der Waals surface area contributed by atoms with Crippen molar-refractivity contribution >= 4 is 28.3 Å². The molecule has 0 saturated heterocycles. The van der Waals surface area contributed by atoms with E-state index in [2.05, 4.69) is 10.3 Å². The van der Waals surface area contributed by atoms with Crippen molar-refractivity contribution in [3.05, 3.63) is 64.5 Å². The van der Waals surface area contributed by atoms with E-state index in [4.69, 9.17) is 9.47 Å². The number of aryl methyl sites for hydroxylation is 2. The predicted molar refractivity (Wildman–Crippen MR) is 114 cm³/mol. The first kappa shape index (κ1) is 20.5. The highest BCUT2D eigenvalue weighted by molar-refractivity contribution is 7.18. The molecule has 0 saturated carbocycles. The van der Waals surface area contributed by atoms with Crippen molar-refractivity contribution in [2.75, 3.05) is 18.5 Å². The second kappa shape index (κ2) is 9.34. The van der Waals surface area contributed by atoms with Crippen LogP contribution in [0.4, 0.5) is 5.13 Å². The number of amides is 1. The SMILES string of the molecule is CCOC(=O)c1sc(NC(=O)COc2ccc(C)cc2C)nc1-c1ccccc1. The van der Waals surface area contributed by atoms with E-state index in [-0.39, 0.29) is 19.1 Å². The third-order valence-corrected chi connectivity index (χ3v) is 5.02. The molecule has 6 nitrogen and oxygen atoms in total. The van der Waals surface area contributed by atoms with E-state index in [1.165, 1.54) is 0 Å². The van der Waals surface area contributed by atoms with E-state index in [9.17, 15) is 9.59 Å². The van der Waals surface area contributed by atoms with Crippen molar-refractivity contribution in [2.24, 2.45) is 0 Å². The van der Waals surface area contributed by atoms with Crippen LogP contribution in [-0.4, -0.2) is 30.1 Å². The maximum absolute atomic E-state index is 12.3. The zero-order valence-electron chi connectivity index (χ0n) is 16.5. The maximum Gasteiger partial charge on any atom is 0.350 e. The fraction of sp³-hybridized carbons (Fsp3) is 0.227. The summed E-state index contributed by atoms with van der Waals surface area (Å²) >= 11 is 1.08. The van der Waals surface area contributed by atoms with Crippen molar-refractivity contribution in [3.63, 3.8) is 0 Å². The molecule has 150 valence electrons. The number of rotatable bonds is 7. The molecule has 0 bridgehead atoms. The van der Waals surface area contributed by atoms with Gasteiger partial charge in [0.1, 0.15) is 10.6 Å². The van der Waals surface area contributed by atoms with Crippen LogP contribution in [0.3, 0.4) is 0 Å². The van der Waals surface area contributed by atoms with Crippen LogP contribution in [0.2, 0.25) is 0 Å². The highest BCUT2D eigenvalue weighted by Gasteiger charge is 2.21. The van der Waals surface area contributed by atoms with E-state index < -0.39 is 5.97 Å². The molecule has 1 aromatic heterocycles. The molecule has 0 radical (unpaired) electrons. The Balaban J connectivity index is 1.74. The number of nitrogens with zero attached hydrogens (tertiary/aromatic N) is 1. The number of carbonyl (C=O) groups is 2. The van der Waals surface area contributed by atoms with Crippen LogP contribution in [0.25, 0.3) is 11.3 Å². The summed E-state index contributed by atoms with van der Waals surface area (Å²) in [5, 5.41) is 3.03. The second-order valence-electron chi connectivity index (χ2n) is 6.39. The number of nitrogens with one attached hydrogen (secondary N) is 1. The van der Waals surface area contributed by atoms with Gasteiger partial charge >= 0.3 is 5.97 Å². The largest absolute Gasteiger partial charge is 0.483 e. The van der Waals surface area contributed by atoms with Crippen molar-refractivity contribution in [3.8, 4) is 17.0 Å². The van der Waals surface area contributed by atoms with E-state index in [1.54, 1.807) is 6.92 Å². The Bertz CT molecular complexity index is 1010. The van der Waals surface area contributed by atoms with Gasteiger partial charge in [-0.15, -0.1) is 0 Å². The highest BCUT2D eigenvalue weighted by Crippen LogP contribution is 2.31. The summed E-state index contributed by atoms with van der Waals surface area (Å²) in [6, 6.07) is 15.1. The van der Waals surface area contributed by atoms with Crippen molar-refractivity contribution < 1.29 is 19.1 Å². The fourth-order valence-corrected chi connectivity index (χ4v) is 3.66. The molecule has 0 unspecified atom stereocenters. The molecule has 1 heterocycles. The van der Waals surface area contributed by atoms with Gasteiger partial charge in [0.15, 0.2) is 11.7 Å². The van der Waals surface area contributed by atoms with Crippen LogP contribution in [0.15, 0.2) is 48.5 Å². The molecule has 0 spiro atoms. The monoisotopic (exact) mass is 410 g/mol. The van der Waals surface area contributed by atoms with Crippen molar-refractivity contribution in [1.82, 2.24) is 4.98 Å². The number of thiazole rings is 1. The Morgan fingerprint density at radius 3 is 2.55 bits per heavy atom. The maximum atomic E-state index is 12.3. The third kappa shape index (κ3) is 5.20. The van der Waals surface area contributed by atoms with Gasteiger partial charge in [0.05, 0.1) is 12.3 Å². The van der Waals surface area contributed by atoms with Gasteiger partial charge in [-0.2, -0.15) is 0 Å².